The summed E-state index contributed by atoms with van der Waals surface area (Å²) in [5.74, 6) is 0.00311. The molecule has 0 aromatic heterocycles. The molecule has 1 amide bonds. The number of thioether (sulfide) groups is 1. The zero-order valence-corrected chi connectivity index (χ0v) is 15.6. The van der Waals surface area contributed by atoms with E-state index in [2.05, 4.69) is 34.9 Å². The van der Waals surface area contributed by atoms with Crippen molar-refractivity contribution in [2.75, 3.05) is 18.1 Å². The first-order valence-corrected chi connectivity index (χ1v) is 9.86. The standard InChI is InChI=1S/C22H22N2OS/c1-26-20-15-9-8-14-19(20)24-21(25)16-23-22(17-10-4-2-5-11-17)18-12-6-3-7-13-18/h2-15,22-23H,16H2,1H3,(H,24,25)/p+1. The molecule has 0 aliphatic heterocycles. The van der Waals surface area contributed by atoms with E-state index in [0.29, 0.717) is 6.54 Å². The number of carbonyl (C=O) groups excluding carboxylic acids is 1. The van der Waals surface area contributed by atoms with Crippen LogP contribution in [0.5, 0.6) is 0 Å². The van der Waals surface area contributed by atoms with Gasteiger partial charge in [0, 0.05) is 16.0 Å². The Bertz CT molecular complexity index is 798. The molecule has 0 saturated carbocycles. The van der Waals surface area contributed by atoms with Crippen LogP contribution in [-0.2, 0) is 4.79 Å². The van der Waals surface area contributed by atoms with Gasteiger partial charge in [-0.15, -0.1) is 11.8 Å². The quantitative estimate of drug-likeness (QED) is 0.629. The fourth-order valence-corrected chi connectivity index (χ4v) is 3.51. The Kier molecular flexibility index (Phi) is 6.47. The summed E-state index contributed by atoms with van der Waals surface area (Å²) in [5.41, 5.74) is 3.25. The van der Waals surface area contributed by atoms with Crippen LogP contribution in [0.3, 0.4) is 0 Å². The number of anilines is 1. The fourth-order valence-electron chi connectivity index (χ4n) is 2.96. The van der Waals surface area contributed by atoms with E-state index in [9.17, 15) is 4.79 Å². The summed E-state index contributed by atoms with van der Waals surface area (Å²) < 4.78 is 0. The van der Waals surface area contributed by atoms with Crippen LogP contribution in [-0.4, -0.2) is 18.7 Å². The SMILES string of the molecule is CSc1ccccc1NC(=O)C[NH2+]C(c1ccccc1)c1ccccc1. The summed E-state index contributed by atoms with van der Waals surface area (Å²) in [5, 5.41) is 5.11. The number of carbonyl (C=O) groups is 1. The van der Waals surface area contributed by atoms with Crippen molar-refractivity contribution in [3.05, 3.63) is 96.1 Å². The summed E-state index contributed by atoms with van der Waals surface area (Å²) in [4.78, 5) is 13.6. The summed E-state index contributed by atoms with van der Waals surface area (Å²) >= 11 is 1.63. The van der Waals surface area contributed by atoms with Crippen molar-refractivity contribution >= 4 is 23.4 Å². The zero-order chi connectivity index (χ0) is 18.2. The maximum absolute atomic E-state index is 12.5. The average molecular weight is 364 g/mol. The molecule has 0 radical (unpaired) electrons. The number of amides is 1. The molecule has 132 valence electrons. The van der Waals surface area contributed by atoms with Gasteiger partial charge < -0.3 is 10.6 Å². The van der Waals surface area contributed by atoms with Gasteiger partial charge in [-0.25, -0.2) is 0 Å². The molecular weight excluding hydrogens is 340 g/mol. The Balaban J connectivity index is 1.71. The molecule has 0 atom stereocenters. The summed E-state index contributed by atoms with van der Waals surface area (Å²) in [6.07, 6.45) is 2.01. The molecule has 3 nitrogen and oxygen atoms in total. The third kappa shape index (κ3) is 4.75. The zero-order valence-electron chi connectivity index (χ0n) is 14.8. The second-order valence-electron chi connectivity index (χ2n) is 5.99. The van der Waals surface area contributed by atoms with E-state index in [-0.39, 0.29) is 11.9 Å². The van der Waals surface area contributed by atoms with E-state index < -0.39 is 0 Å². The van der Waals surface area contributed by atoms with E-state index in [1.54, 1.807) is 11.8 Å². The van der Waals surface area contributed by atoms with Crippen molar-refractivity contribution in [1.82, 2.24) is 0 Å². The first kappa shape index (κ1) is 18.2. The summed E-state index contributed by atoms with van der Waals surface area (Å²) in [7, 11) is 0. The van der Waals surface area contributed by atoms with E-state index in [1.807, 2.05) is 66.9 Å². The molecule has 0 fully saturated rings. The first-order valence-electron chi connectivity index (χ1n) is 8.64. The number of quaternary nitrogens is 1. The van der Waals surface area contributed by atoms with Crippen molar-refractivity contribution in [1.29, 1.82) is 0 Å². The topological polar surface area (TPSA) is 45.7 Å². The van der Waals surface area contributed by atoms with Gasteiger partial charge in [0.2, 0.25) is 0 Å². The molecule has 0 aliphatic rings. The number of benzene rings is 3. The largest absolute Gasteiger partial charge is 0.328 e. The third-order valence-electron chi connectivity index (χ3n) is 4.24. The van der Waals surface area contributed by atoms with Crippen LogP contribution in [0, 0.1) is 0 Å². The Morgan fingerprint density at radius 1 is 0.885 bits per heavy atom. The lowest BCUT2D eigenvalue weighted by molar-refractivity contribution is -0.676. The minimum atomic E-state index is 0.00311. The third-order valence-corrected chi connectivity index (χ3v) is 5.03. The Labute approximate surface area is 158 Å². The van der Waals surface area contributed by atoms with Crippen molar-refractivity contribution in [2.45, 2.75) is 10.9 Å². The van der Waals surface area contributed by atoms with Crippen molar-refractivity contribution in [3.8, 4) is 0 Å². The van der Waals surface area contributed by atoms with Gasteiger partial charge in [0.25, 0.3) is 5.91 Å². The second kappa shape index (κ2) is 9.22. The number of rotatable bonds is 7. The van der Waals surface area contributed by atoms with E-state index in [4.69, 9.17) is 0 Å². The predicted octanol–water partition coefficient (Wildman–Crippen LogP) is 3.70. The molecule has 0 spiro atoms. The van der Waals surface area contributed by atoms with Gasteiger partial charge in [0.15, 0.2) is 6.54 Å². The molecule has 26 heavy (non-hydrogen) atoms. The minimum Gasteiger partial charge on any atom is -0.328 e. The highest BCUT2D eigenvalue weighted by Gasteiger charge is 2.18. The highest BCUT2D eigenvalue weighted by atomic mass is 32.2. The second-order valence-corrected chi connectivity index (χ2v) is 6.84. The normalized spacial score (nSPS) is 10.7. The predicted molar refractivity (Wildman–Crippen MR) is 108 cm³/mol. The van der Waals surface area contributed by atoms with Gasteiger partial charge in [-0.05, 0) is 18.4 Å². The van der Waals surface area contributed by atoms with Crippen LogP contribution in [0.4, 0.5) is 5.69 Å². The Morgan fingerprint density at radius 2 is 1.42 bits per heavy atom. The molecule has 0 bridgehead atoms. The maximum atomic E-state index is 12.5. The number of nitrogens with one attached hydrogen (secondary N) is 1. The summed E-state index contributed by atoms with van der Waals surface area (Å²) in [6.45, 7) is 0.358. The number of hydrogen-bond donors (Lipinski definition) is 2. The van der Waals surface area contributed by atoms with Gasteiger partial charge in [0.1, 0.15) is 6.04 Å². The van der Waals surface area contributed by atoms with E-state index >= 15 is 0 Å². The summed E-state index contributed by atoms with van der Waals surface area (Å²) in [6, 6.07) is 28.6. The number of hydrogen-bond acceptors (Lipinski definition) is 2. The molecular formula is C22H23N2OS+. The number of para-hydroxylation sites is 1. The Morgan fingerprint density at radius 3 is 2.00 bits per heavy atom. The van der Waals surface area contributed by atoms with Crippen molar-refractivity contribution < 1.29 is 10.1 Å². The van der Waals surface area contributed by atoms with Crippen LogP contribution >= 0.6 is 11.8 Å². The molecule has 3 rings (SSSR count). The average Bonchev–Trinajstić information content (AvgIpc) is 2.70. The lowest BCUT2D eigenvalue weighted by atomic mass is 9.99. The molecule has 0 unspecified atom stereocenters. The maximum Gasteiger partial charge on any atom is 0.279 e. The van der Waals surface area contributed by atoms with Crippen molar-refractivity contribution in [2.24, 2.45) is 0 Å². The van der Waals surface area contributed by atoms with Gasteiger partial charge in [-0.2, -0.15) is 0 Å². The van der Waals surface area contributed by atoms with Crippen LogP contribution in [0.25, 0.3) is 0 Å². The minimum absolute atomic E-state index is 0.00311. The molecule has 0 aliphatic carbocycles. The lowest BCUT2D eigenvalue weighted by Crippen LogP contribution is -2.87. The molecule has 3 aromatic rings. The molecule has 0 heterocycles. The van der Waals surface area contributed by atoms with Gasteiger partial charge >= 0.3 is 0 Å². The lowest BCUT2D eigenvalue weighted by Gasteiger charge is -2.17. The highest BCUT2D eigenvalue weighted by molar-refractivity contribution is 7.98. The first-order chi connectivity index (χ1) is 12.8. The van der Waals surface area contributed by atoms with Crippen LogP contribution in [0.1, 0.15) is 17.2 Å². The van der Waals surface area contributed by atoms with Crippen LogP contribution in [0.15, 0.2) is 89.8 Å². The molecule has 3 N–H and O–H groups in total. The number of nitrogens with two attached hydrogens (primary N) is 1. The van der Waals surface area contributed by atoms with E-state index in [0.717, 1.165) is 10.6 Å². The highest BCUT2D eigenvalue weighted by Crippen LogP contribution is 2.24. The van der Waals surface area contributed by atoms with E-state index in [1.165, 1.54) is 11.1 Å². The molecule has 4 heteroatoms. The van der Waals surface area contributed by atoms with Gasteiger partial charge in [-0.1, -0.05) is 72.8 Å². The smallest absolute Gasteiger partial charge is 0.279 e. The van der Waals surface area contributed by atoms with Crippen LogP contribution in [0.2, 0.25) is 0 Å². The monoisotopic (exact) mass is 363 g/mol. The fraction of sp³-hybridized carbons (Fsp3) is 0.136. The molecule has 0 saturated heterocycles. The molecule has 3 aromatic carbocycles. The van der Waals surface area contributed by atoms with Gasteiger partial charge in [0.05, 0.1) is 5.69 Å². The van der Waals surface area contributed by atoms with Crippen molar-refractivity contribution in [3.63, 3.8) is 0 Å². The Hall–Kier alpha value is -2.56. The van der Waals surface area contributed by atoms with Crippen LogP contribution < -0.4 is 10.6 Å². The van der Waals surface area contributed by atoms with Gasteiger partial charge in [-0.3, -0.25) is 4.79 Å².